The van der Waals surface area contributed by atoms with Crippen molar-refractivity contribution in [3.8, 4) is 0 Å². The van der Waals surface area contributed by atoms with E-state index in [9.17, 15) is 9.59 Å². The van der Waals surface area contributed by atoms with Gasteiger partial charge in [-0.05, 0) is 41.9 Å². The lowest BCUT2D eigenvalue weighted by atomic mass is 10.1. The second-order valence-corrected chi connectivity index (χ2v) is 5.51. The van der Waals surface area contributed by atoms with Gasteiger partial charge in [-0.3, -0.25) is 4.79 Å². The summed E-state index contributed by atoms with van der Waals surface area (Å²) in [6.07, 6.45) is 0. The van der Waals surface area contributed by atoms with Crippen LogP contribution < -0.4 is 5.32 Å². The number of nitrogens with one attached hydrogen (secondary N) is 1. The third kappa shape index (κ3) is 2.63. The summed E-state index contributed by atoms with van der Waals surface area (Å²) in [6, 6.07) is 7.01. The predicted octanol–water partition coefficient (Wildman–Crippen LogP) is 2.79. The van der Waals surface area contributed by atoms with Crippen LogP contribution in [0.1, 0.15) is 24.4 Å². The summed E-state index contributed by atoms with van der Waals surface area (Å²) in [5.74, 6) is -1.59. The van der Waals surface area contributed by atoms with Crippen molar-refractivity contribution in [2.45, 2.75) is 19.4 Å². The highest BCUT2D eigenvalue weighted by atomic mass is 79.9. The maximum absolute atomic E-state index is 12.0. The summed E-state index contributed by atoms with van der Waals surface area (Å²) in [5, 5.41) is 12.1. The first-order valence-corrected chi connectivity index (χ1v) is 6.34. The number of carbonyl (C=O) groups is 2. The topological polar surface area (TPSA) is 79.5 Å². The Morgan fingerprint density at radius 3 is 2.63 bits per heavy atom. The molecule has 6 heteroatoms. The largest absolute Gasteiger partial charge is 0.480 e. The average Bonchev–Trinajstić information content (AvgIpc) is 2.73. The fourth-order valence-electron chi connectivity index (χ4n) is 1.54. The molecule has 0 unspecified atom stereocenters. The summed E-state index contributed by atoms with van der Waals surface area (Å²) >= 11 is 3.32. The van der Waals surface area contributed by atoms with Crippen LogP contribution in [-0.4, -0.2) is 22.5 Å². The van der Waals surface area contributed by atoms with Gasteiger partial charge >= 0.3 is 5.97 Å². The number of furan rings is 1. The maximum Gasteiger partial charge on any atom is 0.328 e. The smallest absolute Gasteiger partial charge is 0.328 e. The van der Waals surface area contributed by atoms with Crippen LogP contribution >= 0.6 is 15.9 Å². The fourth-order valence-corrected chi connectivity index (χ4v) is 2.00. The van der Waals surface area contributed by atoms with Gasteiger partial charge in [-0.15, -0.1) is 0 Å². The van der Waals surface area contributed by atoms with Gasteiger partial charge in [0.1, 0.15) is 11.1 Å². The second-order valence-electron chi connectivity index (χ2n) is 4.65. The van der Waals surface area contributed by atoms with E-state index in [1.54, 1.807) is 12.1 Å². The molecule has 100 valence electrons. The van der Waals surface area contributed by atoms with Crippen LogP contribution in [-0.2, 0) is 4.79 Å². The van der Waals surface area contributed by atoms with E-state index in [1.807, 2.05) is 12.1 Å². The van der Waals surface area contributed by atoms with Crippen LogP contribution in [0.2, 0.25) is 0 Å². The number of benzene rings is 1. The quantitative estimate of drug-likeness (QED) is 0.909. The molecule has 0 atom stereocenters. The molecule has 0 fully saturated rings. The molecule has 0 saturated heterocycles. The highest BCUT2D eigenvalue weighted by molar-refractivity contribution is 9.10. The van der Waals surface area contributed by atoms with Gasteiger partial charge < -0.3 is 14.8 Å². The van der Waals surface area contributed by atoms with E-state index in [1.165, 1.54) is 13.8 Å². The van der Waals surface area contributed by atoms with Crippen molar-refractivity contribution in [2.75, 3.05) is 0 Å². The van der Waals surface area contributed by atoms with E-state index < -0.39 is 17.4 Å². The maximum atomic E-state index is 12.0. The molecule has 0 aliphatic rings. The Bertz CT molecular complexity index is 660. The molecule has 2 aromatic rings. The van der Waals surface area contributed by atoms with Gasteiger partial charge in [-0.1, -0.05) is 12.1 Å². The molecule has 0 radical (unpaired) electrons. The molecule has 2 N–H and O–H groups in total. The van der Waals surface area contributed by atoms with Crippen molar-refractivity contribution in [3.05, 3.63) is 34.5 Å². The van der Waals surface area contributed by atoms with Gasteiger partial charge in [0.25, 0.3) is 5.91 Å². The first kappa shape index (κ1) is 13.6. The molecule has 1 aromatic carbocycles. The Hall–Kier alpha value is -1.82. The van der Waals surface area contributed by atoms with Gasteiger partial charge in [0.2, 0.25) is 0 Å². The molecular weight excluding hydrogens is 314 g/mol. The molecule has 0 bridgehead atoms. The molecule has 19 heavy (non-hydrogen) atoms. The minimum absolute atomic E-state index is 0.0798. The SMILES string of the molecule is CC(C)(NC(=O)c1cc2cccc(Br)c2o1)C(=O)O. The molecule has 5 nitrogen and oxygen atoms in total. The number of para-hydroxylation sites is 1. The monoisotopic (exact) mass is 325 g/mol. The van der Waals surface area contributed by atoms with Crippen molar-refractivity contribution < 1.29 is 19.1 Å². The number of hydrogen-bond acceptors (Lipinski definition) is 3. The average molecular weight is 326 g/mol. The van der Waals surface area contributed by atoms with Crippen LogP contribution in [0.15, 0.2) is 33.2 Å². The van der Waals surface area contributed by atoms with Crippen LogP contribution in [0, 0.1) is 0 Å². The second kappa shape index (κ2) is 4.70. The number of amides is 1. The molecule has 0 aliphatic heterocycles. The van der Waals surface area contributed by atoms with Crippen molar-refractivity contribution in [1.29, 1.82) is 0 Å². The lowest BCUT2D eigenvalue weighted by molar-refractivity contribution is -0.143. The van der Waals surface area contributed by atoms with E-state index in [0.717, 1.165) is 9.86 Å². The predicted molar refractivity (Wildman–Crippen MR) is 73.1 cm³/mol. The third-order valence-electron chi connectivity index (χ3n) is 2.68. The highest BCUT2D eigenvalue weighted by Gasteiger charge is 2.30. The van der Waals surface area contributed by atoms with Gasteiger partial charge in [0, 0.05) is 5.39 Å². The van der Waals surface area contributed by atoms with E-state index in [2.05, 4.69) is 21.2 Å². The Kier molecular flexibility index (Phi) is 3.36. The van der Waals surface area contributed by atoms with E-state index >= 15 is 0 Å². The van der Waals surface area contributed by atoms with Crippen LogP contribution in [0.25, 0.3) is 11.0 Å². The zero-order chi connectivity index (χ0) is 14.2. The minimum atomic E-state index is -1.35. The lowest BCUT2D eigenvalue weighted by Gasteiger charge is -2.19. The normalized spacial score (nSPS) is 11.5. The number of carboxylic acids is 1. The van der Waals surface area contributed by atoms with Gasteiger partial charge in [-0.2, -0.15) is 0 Å². The third-order valence-corrected chi connectivity index (χ3v) is 3.30. The molecule has 0 aliphatic carbocycles. The zero-order valence-electron chi connectivity index (χ0n) is 10.4. The van der Waals surface area contributed by atoms with E-state index in [0.29, 0.717) is 5.58 Å². The van der Waals surface area contributed by atoms with Crippen molar-refractivity contribution in [2.24, 2.45) is 0 Å². The standard InChI is InChI=1S/C13H12BrNO4/c1-13(2,12(17)18)15-11(16)9-6-7-4-3-5-8(14)10(7)19-9/h3-6H,1-2H3,(H,15,16)(H,17,18). The minimum Gasteiger partial charge on any atom is -0.480 e. The van der Waals surface area contributed by atoms with Gasteiger partial charge in [0.05, 0.1) is 4.47 Å². The molecular formula is C13H12BrNO4. The van der Waals surface area contributed by atoms with Crippen LogP contribution in [0.4, 0.5) is 0 Å². The molecule has 1 aromatic heterocycles. The highest BCUT2D eigenvalue weighted by Crippen LogP contribution is 2.27. The van der Waals surface area contributed by atoms with Crippen molar-refractivity contribution >= 4 is 38.8 Å². The van der Waals surface area contributed by atoms with Gasteiger partial charge in [-0.25, -0.2) is 4.79 Å². The zero-order valence-corrected chi connectivity index (χ0v) is 11.9. The van der Waals surface area contributed by atoms with Crippen LogP contribution in [0.5, 0.6) is 0 Å². The lowest BCUT2D eigenvalue weighted by Crippen LogP contribution is -2.49. The number of hydrogen-bond donors (Lipinski definition) is 2. The van der Waals surface area contributed by atoms with E-state index in [4.69, 9.17) is 9.52 Å². The summed E-state index contributed by atoms with van der Waals surface area (Å²) in [5.41, 5.74) is -0.798. The summed E-state index contributed by atoms with van der Waals surface area (Å²) in [6.45, 7) is 2.82. The van der Waals surface area contributed by atoms with E-state index in [-0.39, 0.29) is 5.76 Å². The molecule has 1 amide bonds. The number of aliphatic carboxylic acids is 1. The Morgan fingerprint density at radius 2 is 2.05 bits per heavy atom. The van der Waals surface area contributed by atoms with Crippen molar-refractivity contribution in [1.82, 2.24) is 5.32 Å². The van der Waals surface area contributed by atoms with Crippen LogP contribution in [0.3, 0.4) is 0 Å². The summed E-state index contributed by atoms with van der Waals surface area (Å²) in [4.78, 5) is 22.9. The number of halogens is 1. The number of carbonyl (C=O) groups excluding carboxylic acids is 1. The molecule has 0 spiro atoms. The first-order chi connectivity index (χ1) is 8.81. The number of rotatable bonds is 3. The van der Waals surface area contributed by atoms with Gasteiger partial charge in [0.15, 0.2) is 5.76 Å². The Morgan fingerprint density at radius 1 is 1.37 bits per heavy atom. The number of fused-ring (bicyclic) bond motifs is 1. The Balaban J connectivity index is 2.32. The summed E-state index contributed by atoms with van der Waals surface area (Å²) < 4.78 is 6.17. The summed E-state index contributed by atoms with van der Waals surface area (Å²) in [7, 11) is 0. The van der Waals surface area contributed by atoms with Crippen molar-refractivity contribution in [3.63, 3.8) is 0 Å². The molecule has 2 rings (SSSR count). The fraction of sp³-hybridized carbons (Fsp3) is 0.231. The Labute approximate surface area is 117 Å². The first-order valence-electron chi connectivity index (χ1n) is 5.55. The molecule has 0 saturated carbocycles. The molecule has 1 heterocycles. The number of carboxylic acid groups (broad SMARTS) is 1.